The molecule has 1 N–H and O–H groups in total. The number of rotatable bonds is 8. The number of aliphatic carboxylic acids is 1. The first-order valence-corrected chi connectivity index (χ1v) is 6.69. The molecule has 1 fully saturated rings. The quantitative estimate of drug-likeness (QED) is 0.522. The molecule has 0 atom stereocenters. The fourth-order valence-electron chi connectivity index (χ4n) is 2.29. The molecule has 0 spiro atoms. The fourth-order valence-corrected chi connectivity index (χ4v) is 2.29. The number of carboxylic acids is 1. The minimum absolute atomic E-state index is 0.137. The lowest BCUT2D eigenvalue weighted by Gasteiger charge is -2.26. The van der Waals surface area contributed by atoms with Crippen LogP contribution in [0.25, 0.3) is 0 Å². The van der Waals surface area contributed by atoms with Crippen LogP contribution in [0, 0.1) is 5.92 Å². The van der Waals surface area contributed by atoms with Crippen LogP contribution in [0.15, 0.2) is 12.7 Å². The summed E-state index contributed by atoms with van der Waals surface area (Å²) in [6, 6.07) is 0. The van der Waals surface area contributed by atoms with E-state index in [9.17, 15) is 4.79 Å². The molecule has 1 aliphatic carbocycles. The molecule has 0 saturated heterocycles. The normalized spacial score (nSPS) is 24.5. The topological polar surface area (TPSA) is 46.5 Å². The van der Waals surface area contributed by atoms with E-state index < -0.39 is 5.97 Å². The Bertz CT molecular complexity index is 230. The zero-order valence-electron chi connectivity index (χ0n) is 10.6. The van der Waals surface area contributed by atoms with Gasteiger partial charge in [-0.05, 0) is 44.9 Å². The number of ether oxygens (including phenoxy) is 1. The zero-order chi connectivity index (χ0) is 12.5. The molecule has 0 amide bonds. The SMILES string of the molecule is C=CCCCCCOC1CCC(C(=O)O)CC1. The van der Waals surface area contributed by atoms with Crippen molar-refractivity contribution < 1.29 is 14.6 Å². The van der Waals surface area contributed by atoms with Crippen LogP contribution in [0.3, 0.4) is 0 Å². The third kappa shape index (κ3) is 5.87. The van der Waals surface area contributed by atoms with Crippen LogP contribution < -0.4 is 0 Å². The van der Waals surface area contributed by atoms with E-state index in [1.165, 1.54) is 12.8 Å². The molecule has 0 unspecified atom stereocenters. The first kappa shape index (κ1) is 14.2. The Morgan fingerprint density at radius 1 is 1.24 bits per heavy atom. The summed E-state index contributed by atoms with van der Waals surface area (Å²) in [6.07, 6.45) is 10.2. The van der Waals surface area contributed by atoms with Gasteiger partial charge in [-0.2, -0.15) is 0 Å². The lowest BCUT2D eigenvalue weighted by Crippen LogP contribution is -2.26. The Balaban J connectivity index is 1.99. The van der Waals surface area contributed by atoms with E-state index in [4.69, 9.17) is 9.84 Å². The molecule has 17 heavy (non-hydrogen) atoms. The minimum atomic E-state index is -0.645. The van der Waals surface area contributed by atoms with Crippen LogP contribution >= 0.6 is 0 Å². The Morgan fingerprint density at radius 3 is 2.53 bits per heavy atom. The molecule has 0 bridgehead atoms. The van der Waals surface area contributed by atoms with Crippen molar-refractivity contribution in [3.05, 3.63) is 12.7 Å². The summed E-state index contributed by atoms with van der Waals surface area (Å²) in [5.74, 6) is -0.782. The van der Waals surface area contributed by atoms with E-state index in [2.05, 4.69) is 6.58 Å². The highest BCUT2D eigenvalue weighted by molar-refractivity contribution is 5.69. The van der Waals surface area contributed by atoms with Gasteiger partial charge in [0.2, 0.25) is 0 Å². The monoisotopic (exact) mass is 240 g/mol. The van der Waals surface area contributed by atoms with Gasteiger partial charge in [0.05, 0.1) is 12.0 Å². The minimum Gasteiger partial charge on any atom is -0.481 e. The van der Waals surface area contributed by atoms with Crippen molar-refractivity contribution in [1.29, 1.82) is 0 Å². The number of carboxylic acid groups (broad SMARTS) is 1. The first-order valence-electron chi connectivity index (χ1n) is 6.69. The van der Waals surface area contributed by atoms with Crippen molar-refractivity contribution in [2.75, 3.05) is 6.61 Å². The molecule has 98 valence electrons. The third-order valence-electron chi connectivity index (χ3n) is 3.43. The van der Waals surface area contributed by atoms with Gasteiger partial charge < -0.3 is 9.84 Å². The predicted molar refractivity (Wildman–Crippen MR) is 68.0 cm³/mol. The van der Waals surface area contributed by atoms with Crippen LogP contribution in [0.2, 0.25) is 0 Å². The Labute approximate surface area is 104 Å². The van der Waals surface area contributed by atoms with Crippen molar-refractivity contribution in [3.8, 4) is 0 Å². The molecule has 0 radical (unpaired) electrons. The maximum absolute atomic E-state index is 10.8. The van der Waals surface area contributed by atoms with Gasteiger partial charge in [0.1, 0.15) is 0 Å². The van der Waals surface area contributed by atoms with Crippen LogP contribution in [0.5, 0.6) is 0 Å². The van der Waals surface area contributed by atoms with E-state index in [1.807, 2.05) is 6.08 Å². The van der Waals surface area contributed by atoms with E-state index in [0.717, 1.165) is 45.1 Å². The van der Waals surface area contributed by atoms with Crippen LogP contribution in [-0.4, -0.2) is 23.8 Å². The maximum atomic E-state index is 10.8. The number of carbonyl (C=O) groups is 1. The highest BCUT2D eigenvalue weighted by Crippen LogP contribution is 2.26. The van der Waals surface area contributed by atoms with Crippen molar-refractivity contribution >= 4 is 5.97 Å². The summed E-state index contributed by atoms with van der Waals surface area (Å²) in [4.78, 5) is 10.8. The standard InChI is InChI=1S/C14H24O3/c1-2-3-4-5-6-11-17-13-9-7-12(8-10-13)14(15)16/h2,12-13H,1,3-11H2,(H,15,16). The smallest absolute Gasteiger partial charge is 0.306 e. The highest BCUT2D eigenvalue weighted by atomic mass is 16.5. The van der Waals surface area contributed by atoms with Gasteiger partial charge in [-0.3, -0.25) is 4.79 Å². The van der Waals surface area contributed by atoms with Crippen LogP contribution in [0.1, 0.15) is 51.4 Å². The first-order chi connectivity index (χ1) is 8.24. The van der Waals surface area contributed by atoms with Crippen molar-refractivity contribution in [2.45, 2.75) is 57.5 Å². The molecule has 0 aromatic rings. The van der Waals surface area contributed by atoms with Gasteiger partial charge in [-0.1, -0.05) is 12.5 Å². The van der Waals surface area contributed by atoms with Crippen LogP contribution in [0.4, 0.5) is 0 Å². The molecular weight excluding hydrogens is 216 g/mol. The van der Waals surface area contributed by atoms with E-state index >= 15 is 0 Å². The Hall–Kier alpha value is -0.830. The molecule has 1 aliphatic rings. The summed E-state index contributed by atoms with van der Waals surface area (Å²) < 4.78 is 5.77. The van der Waals surface area contributed by atoms with Gasteiger partial charge in [0.15, 0.2) is 0 Å². The lowest BCUT2D eigenvalue weighted by atomic mass is 9.87. The predicted octanol–water partition coefficient (Wildman–Crippen LogP) is 3.39. The maximum Gasteiger partial charge on any atom is 0.306 e. The van der Waals surface area contributed by atoms with Gasteiger partial charge in [-0.25, -0.2) is 0 Å². The average molecular weight is 240 g/mol. The lowest BCUT2D eigenvalue weighted by molar-refractivity contribution is -0.143. The highest BCUT2D eigenvalue weighted by Gasteiger charge is 2.25. The van der Waals surface area contributed by atoms with Crippen molar-refractivity contribution in [2.24, 2.45) is 5.92 Å². The molecule has 3 nitrogen and oxygen atoms in total. The number of hydrogen-bond acceptors (Lipinski definition) is 2. The number of allylic oxidation sites excluding steroid dienone is 1. The molecule has 1 saturated carbocycles. The summed E-state index contributed by atoms with van der Waals surface area (Å²) >= 11 is 0. The molecule has 1 rings (SSSR count). The second-order valence-electron chi connectivity index (χ2n) is 4.82. The summed E-state index contributed by atoms with van der Waals surface area (Å²) in [7, 11) is 0. The second kappa shape index (κ2) is 8.29. The fraction of sp³-hybridized carbons (Fsp3) is 0.786. The zero-order valence-corrected chi connectivity index (χ0v) is 10.6. The molecule has 0 aromatic heterocycles. The number of hydrogen-bond donors (Lipinski definition) is 1. The van der Waals surface area contributed by atoms with Gasteiger partial charge in [0, 0.05) is 6.61 Å². The van der Waals surface area contributed by atoms with Gasteiger partial charge in [0.25, 0.3) is 0 Å². The molecule has 0 aromatic carbocycles. The van der Waals surface area contributed by atoms with Gasteiger partial charge >= 0.3 is 5.97 Å². The number of unbranched alkanes of at least 4 members (excludes halogenated alkanes) is 3. The molecule has 0 aliphatic heterocycles. The van der Waals surface area contributed by atoms with E-state index in [1.54, 1.807) is 0 Å². The van der Waals surface area contributed by atoms with Crippen LogP contribution in [-0.2, 0) is 9.53 Å². The molecule has 3 heteroatoms. The average Bonchev–Trinajstić information content (AvgIpc) is 2.34. The molecular formula is C14H24O3. The van der Waals surface area contributed by atoms with Crippen molar-refractivity contribution in [3.63, 3.8) is 0 Å². The Kier molecular flexibility index (Phi) is 6.94. The van der Waals surface area contributed by atoms with E-state index in [-0.39, 0.29) is 5.92 Å². The molecule has 0 heterocycles. The third-order valence-corrected chi connectivity index (χ3v) is 3.43. The van der Waals surface area contributed by atoms with E-state index in [0.29, 0.717) is 6.10 Å². The second-order valence-corrected chi connectivity index (χ2v) is 4.82. The summed E-state index contributed by atoms with van der Waals surface area (Å²) in [6.45, 7) is 4.51. The largest absolute Gasteiger partial charge is 0.481 e. The van der Waals surface area contributed by atoms with Gasteiger partial charge in [-0.15, -0.1) is 6.58 Å². The summed E-state index contributed by atoms with van der Waals surface area (Å²) in [5, 5.41) is 8.87. The van der Waals surface area contributed by atoms with Crippen molar-refractivity contribution in [1.82, 2.24) is 0 Å². The Morgan fingerprint density at radius 2 is 1.94 bits per heavy atom. The summed E-state index contributed by atoms with van der Waals surface area (Å²) in [5.41, 5.74) is 0.